The average molecular weight is 235 g/mol. The molecule has 0 saturated heterocycles. The molecule has 2 bridgehead atoms. The lowest BCUT2D eigenvalue weighted by molar-refractivity contribution is 0.142. The molecule has 1 aromatic rings. The lowest BCUT2D eigenvalue weighted by atomic mass is 9.69. The van der Waals surface area contributed by atoms with Gasteiger partial charge in [0.15, 0.2) is 0 Å². The Morgan fingerprint density at radius 3 is 2.69 bits per heavy atom. The normalized spacial score (nSPS) is 40.2. The van der Waals surface area contributed by atoms with Gasteiger partial charge in [0.25, 0.3) is 0 Å². The molecule has 1 heterocycles. The summed E-state index contributed by atoms with van der Waals surface area (Å²) in [6.45, 7) is 7.43. The van der Waals surface area contributed by atoms with Crippen LogP contribution in [0, 0.1) is 16.7 Å². The number of anilines is 1. The summed E-state index contributed by atoms with van der Waals surface area (Å²) in [5.41, 5.74) is 2.32. The summed E-state index contributed by atoms with van der Waals surface area (Å²) < 4.78 is 0. The van der Waals surface area contributed by atoms with E-state index < -0.39 is 0 Å². The minimum Gasteiger partial charge on any atom is -0.381 e. The van der Waals surface area contributed by atoms with Gasteiger partial charge >= 0.3 is 0 Å². The smallest absolute Gasteiger partial charge is 0.0451 e. The largest absolute Gasteiger partial charge is 0.381 e. The van der Waals surface area contributed by atoms with E-state index in [9.17, 15) is 0 Å². The van der Waals surface area contributed by atoms with Crippen molar-refractivity contribution in [2.45, 2.75) is 46.1 Å². The molecule has 0 spiro atoms. The molecule has 0 aliphatic heterocycles. The molecule has 2 aliphatic carbocycles. The van der Waals surface area contributed by atoms with Crippen LogP contribution < -0.4 is 5.32 Å². The predicted molar refractivity (Wildman–Crippen MR) is 71.0 cm³/mol. The van der Waals surface area contributed by atoms with Gasteiger partial charge in [0, 0.05) is 17.1 Å². The van der Waals surface area contributed by atoms with E-state index in [1.54, 1.807) is 11.3 Å². The SMILES string of the molecule is CC1(C)C2CCC1(C)C(Nc1ccsc1)C2. The second kappa shape index (κ2) is 3.25. The van der Waals surface area contributed by atoms with E-state index in [1.165, 1.54) is 24.9 Å². The molecule has 3 rings (SSSR count). The Morgan fingerprint density at radius 1 is 1.38 bits per heavy atom. The first kappa shape index (κ1) is 10.6. The van der Waals surface area contributed by atoms with Crippen LogP contribution in [0.4, 0.5) is 5.69 Å². The summed E-state index contributed by atoms with van der Waals surface area (Å²) in [6, 6.07) is 2.88. The van der Waals surface area contributed by atoms with E-state index in [0.717, 1.165) is 5.92 Å². The second-order valence-electron chi connectivity index (χ2n) is 6.32. The third kappa shape index (κ3) is 1.22. The van der Waals surface area contributed by atoms with E-state index in [-0.39, 0.29) is 0 Å². The summed E-state index contributed by atoms with van der Waals surface area (Å²) in [5, 5.41) is 8.14. The van der Waals surface area contributed by atoms with Gasteiger partial charge in [0.1, 0.15) is 0 Å². The first-order chi connectivity index (χ1) is 7.54. The molecule has 2 heteroatoms. The highest BCUT2D eigenvalue weighted by Crippen LogP contribution is 2.65. The number of fused-ring (bicyclic) bond motifs is 2. The highest BCUT2D eigenvalue weighted by molar-refractivity contribution is 7.08. The Hall–Kier alpha value is -0.500. The molecule has 16 heavy (non-hydrogen) atoms. The van der Waals surface area contributed by atoms with Crippen molar-refractivity contribution in [2.75, 3.05) is 5.32 Å². The molecule has 1 N–H and O–H groups in total. The predicted octanol–water partition coefficient (Wildman–Crippen LogP) is 4.37. The number of thiophene rings is 1. The molecule has 2 saturated carbocycles. The molecule has 2 aliphatic rings. The number of hydrogen-bond donors (Lipinski definition) is 1. The minimum atomic E-state index is 0.486. The van der Waals surface area contributed by atoms with Crippen molar-refractivity contribution in [1.82, 2.24) is 0 Å². The summed E-state index contributed by atoms with van der Waals surface area (Å²) in [4.78, 5) is 0. The van der Waals surface area contributed by atoms with E-state index in [2.05, 4.69) is 42.9 Å². The Bertz CT molecular complexity index is 381. The molecule has 3 atom stereocenters. The van der Waals surface area contributed by atoms with Crippen molar-refractivity contribution in [2.24, 2.45) is 16.7 Å². The van der Waals surface area contributed by atoms with Crippen molar-refractivity contribution in [3.8, 4) is 0 Å². The monoisotopic (exact) mass is 235 g/mol. The van der Waals surface area contributed by atoms with Gasteiger partial charge in [-0.15, -0.1) is 0 Å². The Morgan fingerprint density at radius 2 is 2.19 bits per heavy atom. The van der Waals surface area contributed by atoms with Crippen molar-refractivity contribution in [3.63, 3.8) is 0 Å². The van der Waals surface area contributed by atoms with E-state index in [1.807, 2.05) is 0 Å². The fraction of sp³-hybridized carbons (Fsp3) is 0.714. The minimum absolute atomic E-state index is 0.486. The molecule has 0 amide bonds. The number of rotatable bonds is 2. The number of nitrogens with one attached hydrogen (secondary N) is 1. The van der Waals surface area contributed by atoms with Gasteiger partial charge in [-0.3, -0.25) is 0 Å². The molecule has 3 unspecified atom stereocenters. The maximum atomic E-state index is 3.76. The second-order valence-corrected chi connectivity index (χ2v) is 7.10. The zero-order chi connectivity index (χ0) is 11.4. The van der Waals surface area contributed by atoms with Crippen molar-refractivity contribution in [3.05, 3.63) is 16.8 Å². The van der Waals surface area contributed by atoms with Gasteiger partial charge in [-0.1, -0.05) is 20.8 Å². The summed E-state index contributed by atoms with van der Waals surface area (Å²) >= 11 is 1.78. The third-order valence-corrected chi connectivity index (χ3v) is 6.34. The van der Waals surface area contributed by atoms with Crippen LogP contribution in [0.2, 0.25) is 0 Å². The van der Waals surface area contributed by atoms with Crippen LogP contribution in [-0.4, -0.2) is 6.04 Å². The van der Waals surface area contributed by atoms with Crippen LogP contribution in [0.1, 0.15) is 40.0 Å². The molecule has 2 fully saturated rings. The lowest BCUT2D eigenvalue weighted by Gasteiger charge is -2.39. The molecular weight excluding hydrogens is 214 g/mol. The van der Waals surface area contributed by atoms with Crippen molar-refractivity contribution in [1.29, 1.82) is 0 Å². The van der Waals surface area contributed by atoms with Crippen LogP contribution in [-0.2, 0) is 0 Å². The van der Waals surface area contributed by atoms with Crippen LogP contribution in [0.25, 0.3) is 0 Å². The van der Waals surface area contributed by atoms with Crippen LogP contribution in [0.5, 0.6) is 0 Å². The zero-order valence-corrected chi connectivity index (χ0v) is 11.2. The Labute approximate surface area is 102 Å². The first-order valence-corrected chi connectivity index (χ1v) is 7.27. The standard InChI is InChI=1S/C14H21NS/c1-13(2)10-4-6-14(13,3)12(8-10)15-11-5-7-16-9-11/h5,7,9-10,12,15H,4,6,8H2,1-3H3. The average Bonchev–Trinajstić information content (AvgIpc) is 2.84. The highest BCUT2D eigenvalue weighted by atomic mass is 32.1. The van der Waals surface area contributed by atoms with Crippen LogP contribution in [0.3, 0.4) is 0 Å². The Kier molecular flexibility index (Phi) is 2.16. The van der Waals surface area contributed by atoms with Crippen molar-refractivity contribution < 1.29 is 0 Å². The highest BCUT2D eigenvalue weighted by Gasteiger charge is 2.61. The van der Waals surface area contributed by atoms with Gasteiger partial charge in [-0.25, -0.2) is 0 Å². The Balaban J connectivity index is 1.85. The fourth-order valence-electron chi connectivity index (χ4n) is 3.97. The van der Waals surface area contributed by atoms with Gasteiger partial charge < -0.3 is 5.32 Å². The summed E-state index contributed by atoms with van der Waals surface area (Å²) in [7, 11) is 0. The van der Waals surface area contributed by atoms with E-state index >= 15 is 0 Å². The summed E-state index contributed by atoms with van der Waals surface area (Å²) in [6.07, 6.45) is 4.19. The first-order valence-electron chi connectivity index (χ1n) is 6.33. The molecule has 88 valence electrons. The lowest BCUT2D eigenvalue weighted by Crippen LogP contribution is -2.39. The number of hydrogen-bond acceptors (Lipinski definition) is 2. The van der Waals surface area contributed by atoms with Gasteiger partial charge in [0.05, 0.1) is 0 Å². The van der Waals surface area contributed by atoms with Gasteiger partial charge in [-0.2, -0.15) is 11.3 Å². The van der Waals surface area contributed by atoms with Crippen LogP contribution in [0.15, 0.2) is 16.8 Å². The quantitative estimate of drug-likeness (QED) is 0.802. The van der Waals surface area contributed by atoms with Crippen molar-refractivity contribution >= 4 is 17.0 Å². The van der Waals surface area contributed by atoms with E-state index in [4.69, 9.17) is 0 Å². The molecule has 0 aromatic carbocycles. The molecular formula is C14H21NS. The molecule has 1 aromatic heterocycles. The summed E-state index contributed by atoms with van der Waals surface area (Å²) in [5.74, 6) is 0.925. The maximum Gasteiger partial charge on any atom is 0.0451 e. The topological polar surface area (TPSA) is 12.0 Å². The zero-order valence-electron chi connectivity index (χ0n) is 10.4. The van der Waals surface area contributed by atoms with Gasteiger partial charge in [0.2, 0.25) is 0 Å². The van der Waals surface area contributed by atoms with E-state index in [0.29, 0.717) is 16.9 Å². The van der Waals surface area contributed by atoms with Gasteiger partial charge in [-0.05, 0) is 47.5 Å². The molecule has 0 radical (unpaired) electrons. The maximum absolute atomic E-state index is 3.76. The fourth-order valence-corrected chi connectivity index (χ4v) is 4.57. The van der Waals surface area contributed by atoms with Crippen LogP contribution >= 0.6 is 11.3 Å². The third-order valence-electron chi connectivity index (χ3n) is 5.66. The molecule has 1 nitrogen and oxygen atoms in total.